The van der Waals surface area contributed by atoms with Crippen LogP contribution in [0.5, 0.6) is 0 Å². The number of allylic oxidation sites excluding steroid dienone is 1. The Morgan fingerprint density at radius 2 is 2.14 bits per heavy atom. The molecule has 2 rings (SSSR count). The number of hydrogen-bond donors (Lipinski definition) is 1. The van der Waals surface area contributed by atoms with Gasteiger partial charge >= 0.3 is 0 Å². The van der Waals surface area contributed by atoms with Gasteiger partial charge in [0.25, 0.3) is 0 Å². The van der Waals surface area contributed by atoms with Gasteiger partial charge in [0.2, 0.25) is 5.91 Å². The summed E-state index contributed by atoms with van der Waals surface area (Å²) in [7, 11) is 0. The lowest BCUT2D eigenvalue weighted by atomic mass is 10.1. The van der Waals surface area contributed by atoms with Crippen molar-refractivity contribution in [1.82, 2.24) is 10.2 Å². The summed E-state index contributed by atoms with van der Waals surface area (Å²) in [6.45, 7) is 12.2. The fourth-order valence-corrected chi connectivity index (χ4v) is 2.99. The molecule has 0 aliphatic carbocycles. The van der Waals surface area contributed by atoms with Crippen LogP contribution in [0.3, 0.4) is 0 Å². The third-order valence-electron chi connectivity index (χ3n) is 4.25. The molecule has 1 atom stereocenters. The number of likely N-dealkylation sites (tertiary alicyclic amines) is 1. The SMILES string of the molecule is CC(C)=CC(=O)NC[C@H]1CCN(Cc2cc(C)ccc2C)C1. The van der Waals surface area contributed by atoms with Crippen LogP contribution in [-0.2, 0) is 11.3 Å². The Kier molecular flexibility index (Phi) is 5.78. The van der Waals surface area contributed by atoms with Crippen molar-refractivity contribution < 1.29 is 4.79 Å². The van der Waals surface area contributed by atoms with Gasteiger partial charge in [0.15, 0.2) is 0 Å². The molecule has 1 aliphatic rings. The van der Waals surface area contributed by atoms with E-state index in [9.17, 15) is 4.79 Å². The van der Waals surface area contributed by atoms with Gasteiger partial charge in [0, 0.05) is 25.7 Å². The minimum Gasteiger partial charge on any atom is -0.352 e. The topological polar surface area (TPSA) is 32.3 Å². The van der Waals surface area contributed by atoms with E-state index in [1.165, 1.54) is 23.1 Å². The van der Waals surface area contributed by atoms with Crippen LogP contribution in [0, 0.1) is 19.8 Å². The summed E-state index contributed by atoms with van der Waals surface area (Å²) in [4.78, 5) is 14.2. The van der Waals surface area contributed by atoms with Gasteiger partial charge in [-0.05, 0) is 57.7 Å². The Morgan fingerprint density at radius 3 is 2.86 bits per heavy atom. The number of carbonyl (C=O) groups excluding carboxylic acids is 1. The molecule has 0 spiro atoms. The van der Waals surface area contributed by atoms with Crippen LogP contribution in [0.4, 0.5) is 0 Å². The summed E-state index contributed by atoms with van der Waals surface area (Å²) in [5, 5.41) is 3.02. The van der Waals surface area contributed by atoms with E-state index in [1.54, 1.807) is 6.08 Å². The Labute approximate surface area is 134 Å². The molecule has 0 unspecified atom stereocenters. The van der Waals surface area contributed by atoms with Gasteiger partial charge in [-0.2, -0.15) is 0 Å². The molecule has 0 radical (unpaired) electrons. The molecule has 1 N–H and O–H groups in total. The first-order chi connectivity index (χ1) is 10.4. The van der Waals surface area contributed by atoms with Crippen LogP contribution in [0.15, 0.2) is 29.8 Å². The maximum Gasteiger partial charge on any atom is 0.243 e. The molecule has 22 heavy (non-hydrogen) atoms. The predicted molar refractivity (Wildman–Crippen MR) is 91.7 cm³/mol. The highest BCUT2D eigenvalue weighted by Gasteiger charge is 2.23. The van der Waals surface area contributed by atoms with Gasteiger partial charge in [0.1, 0.15) is 0 Å². The zero-order valence-corrected chi connectivity index (χ0v) is 14.3. The Bertz CT molecular complexity index is 559. The van der Waals surface area contributed by atoms with Crippen molar-refractivity contribution in [3.63, 3.8) is 0 Å². The van der Waals surface area contributed by atoms with E-state index in [0.29, 0.717) is 5.92 Å². The third-order valence-corrected chi connectivity index (χ3v) is 4.25. The Hall–Kier alpha value is -1.61. The van der Waals surface area contributed by atoms with Crippen molar-refractivity contribution in [3.05, 3.63) is 46.5 Å². The highest BCUT2D eigenvalue weighted by molar-refractivity contribution is 5.87. The lowest BCUT2D eigenvalue weighted by Gasteiger charge is -2.18. The van der Waals surface area contributed by atoms with Gasteiger partial charge < -0.3 is 5.32 Å². The maximum atomic E-state index is 11.7. The van der Waals surface area contributed by atoms with Crippen LogP contribution in [-0.4, -0.2) is 30.4 Å². The normalized spacial score (nSPS) is 18.3. The largest absolute Gasteiger partial charge is 0.352 e. The first-order valence-corrected chi connectivity index (χ1v) is 8.15. The van der Waals surface area contributed by atoms with Crippen LogP contribution < -0.4 is 5.32 Å². The minimum absolute atomic E-state index is 0.0352. The standard InChI is InChI=1S/C19H28N2O/c1-14(2)9-19(22)20-11-17-7-8-21(12-17)13-18-10-15(3)5-6-16(18)4/h5-6,9-10,17H,7-8,11-13H2,1-4H3,(H,20,22)/t17-/m1/s1. The quantitative estimate of drug-likeness (QED) is 0.847. The molecule has 0 bridgehead atoms. The van der Waals surface area contributed by atoms with Crippen molar-refractivity contribution in [2.24, 2.45) is 5.92 Å². The molecule has 1 amide bonds. The summed E-state index contributed by atoms with van der Waals surface area (Å²) >= 11 is 0. The van der Waals surface area contributed by atoms with E-state index < -0.39 is 0 Å². The second-order valence-corrected chi connectivity index (χ2v) is 6.79. The van der Waals surface area contributed by atoms with Crippen molar-refractivity contribution in [1.29, 1.82) is 0 Å². The van der Waals surface area contributed by atoms with Crippen molar-refractivity contribution >= 4 is 5.91 Å². The van der Waals surface area contributed by atoms with Gasteiger partial charge in [-0.25, -0.2) is 0 Å². The molecule has 120 valence electrons. The van der Waals surface area contributed by atoms with Crippen LogP contribution >= 0.6 is 0 Å². The number of nitrogens with zero attached hydrogens (tertiary/aromatic N) is 1. The van der Waals surface area contributed by atoms with E-state index in [0.717, 1.165) is 31.8 Å². The monoisotopic (exact) mass is 300 g/mol. The maximum absolute atomic E-state index is 11.7. The lowest BCUT2D eigenvalue weighted by molar-refractivity contribution is -0.116. The molecule has 0 aromatic heterocycles. The van der Waals surface area contributed by atoms with E-state index in [1.807, 2.05) is 13.8 Å². The zero-order chi connectivity index (χ0) is 16.1. The average molecular weight is 300 g/mol. The average Bonchev–Trinajstić information content (AvgIpc) is 2.88. The van der Waals surface area contributed by atoms with Crippen LogP contribution in [0.25, 0.3) is 0 Å². The molecule has 3 nitrogen and oxygen atoms in total. The second-order valence-electron chi connectivity index (χ2n) is 6.79. The number of nitrogens with one attached hydrogen (secondary N) is 1. The fraction of sp³-hybridized carbons (Fsp3) is 0.526. The van der Waals surface area contributed by atoms with E-state index in [2.05, 4.69) is 42.3 Å². The highest BCUT2D eigenvalue weighted by Crippen LogP contribution is 2.20. The molecule has 1 fully saturated rings. The first-order valence-electron chi connectivity index (χ1n) is 8.15. The molecule has 1 aromatic carbocycles. The number of carbonyl (C=O) groups is 1. The molecule has 1 aliphatic heterocycles. The van der Waals surface area contributed by atoms with Crippen molar-refractivity contribution in [2.45, 2.75) is 40.7 Å². The van der Waals surface area contributed by atoms with Crippen molar-refractivity contribution in [2.75, 3.05) is 19.6 Å². The Morgan fingerprint density at radius 1 is 1.36 bits per heavy atom. The molecular formula is C19H28N2O. The zero-order valence-electron chi connectivity index (χ0n) is 14.3. The number of aryl methyl sites for hydroxylation is 2. The summed E-state index contributed by atoms with van der Waals surface area (Å²) < 4.78 is 0. The molecule has 3 heteroatoms. The lowest BCUT2D eigenvalue weighted by Crippen LogP contribution is -2.30. The fourth-order valence-electron chi connectivity index (χ4n) is 2.99. The predicted octanol–water partition coefficient (Wildman–Crippen LogP) is 3.21. The third kappa shape index (κ3) is 4.99. The van der Waals surface area contributed by atoms with E-state index in [4.69, 9.17) is 0 Å². The highest BCUT2D eigenvalue weighted by atomic mass is 16.1. The van der Waals surface area contributed by atoms with Crippen LogP contribution in [0.1, 0.15) is 37.0 Å². The smallest absolute Gasteiger partial charge is 0.243 e. The van der Waals surface area contributed by atoms with Gasteiger partial charge in [-0.3, -0.25) is 9.69 Å². The number of amides is 1. The molecule has 1 heterocycles. The first kappa shape index (κ1) is 16.8. The number of hydrogen-bond acceptors (Lipinski definition) is 2. The molecule has 0 saturated carbocycles. The molecule has 1 saturated heterocycles. The molecular weight excluding hydrogens is 272 g/mol. The van der Waals surface area contributed by atoms with Crippen LogP contribution in [0.2, 0.25) is 0 Å². The second kappa shape index (κ2) is 7.59. The summed E-state index contributed by atoms with van der Waals surface area (Å²) in [5.41, 5.74) is 5.16. The van der Waals surface area contributed by atoms with E-state index in [-0.39, 0.29) is 5.91 Å². The number of rotatable bonds is 5. The number of benzene rings is 1. The van der Waals surface area contributed by atoms with Gasteiger partial charge in [-0.1, -0.05) is 29.3 Å². The minimum atomic E-state index is 0.0352. The van der Waals surface area contributed by atoms with Gasteiger partial charge in [-0.15, -0.1) is 0 Å². The van der Waals surface area contributed by atoms with Gasteiger partial charge in [0.05, 0.1) is 0 Å². The van der Waals surface area contributed by atoms with E-state index >= 15 is 0 Å². The Balaban J connectivity index is 1.81. The summed E-state index contributed by atoms with van der Waals surface area (Å²) in [6.07, 6.45) is 2.84. The van der Waals surface area contributed by atoms with Crippen molar-refractivity contribution in [3.8, 4) is 0 Å². The molecule has 1 aromatic rings. The summed E-state index contributed by atoms with van der Waals surface area (Å²) in [6, 6.07) is 6.67. The summed E-state index contributed by atoms with van der Waals surface area (Å²) in [5.74, 6) is 0.604.